The predicted octanol–water partition coefficient (Wildman–Crippen LogP) is 2.19. The lowest BCUT2D eigenvalue weighted by Gasteiger charge is -2.22. The van der Waals surface area contributed by atoms with Crippen molar-refractivity contribution in [1.82, 2.24) is 10.2 Å². The summed E-state index contributed by atoms with van der Waals surface area (Å²) in [5.74, 6) is -0.0817. The van der Waals surface area contributed by atoms with E-state index in [0.717, 1.165) is 17.4 Å². The van der Waals surface area contributed by atoms with Crippen LogP contribution >= 0.6 is 28.3 Å². The Morgan fingerprint density at radius 1 is 1.35 bits per heavy atom. The summed E-state index contributed by atoms with van der Waals surface area (Å²) >= 11 is 3.33. The van der Waals surface area contributed by atoms with E-state index in [-0.39, 0.29) is 29.6 Å². The molecule has 2 amide bonds. The zero-order valence-corrected chi connectivity index (χ0v) is 15.6. The molecule has 5 nitrogen and oxygen atoms in total. The van der Waals surface area contributed by atoms with Gasteiger partial charge in [0.25, 0.3) is 5.91 Å². The van der Waals surface area contributed by atoms with Crippen molar-refractivity contribution in [3.05, 3.63) is 34.3 Å². The number of rotatable bonds is 5. The van der Waals surface area contributed by atoms with E-state index in [1.54, 1.807) is 12.1 Å². The molecule has 0 saturated carbocycles. The zero-order valence-electron chi connectivity index (χ0n) is 13.2. The fourth-order valence-corrected chi connectivity index (χ4v) is 2.81. The molecule has 1 fully saturated rings. The van der Waals surface area contributed by atoms with E-state index in [9.17, 15) is 9.59 Å². The van der Waals surface area contributed by atoms with Crippen LogP contribution in [0.25, 0.3) is 0 Å². The van der Waals surface area contributed by atoms with Crippen molar-refractivity contribution in [3.8, 4) is 0 Å². The summed E-state index contributed by atoms with van der Waals surface area (Å²) in [4.78, 5) is 25.9. The van der Waals surface area contributed by atoms with Gasteiger partial charge >= 0.3 is 0 Å². The van der Waals surface area contributed by atoms with Gasteiger partial charge in [-0.15, -0.1) is 12.4 Å². The molecule has 0 bridgehead atoms. The van der Waals surface area contributed by atoms with Crippen LogP contribution in [0.1, 0.15) is 30.1 Å². The first-order valence-corrected chi connectivity index (χ1v) is 8.24. The molecule has 23 heavy (non-hydrogen) atoms. The molecule has 2 rings (SSSR count). The zero-order chi connectivity index (χ0) is 16.2. The average Bonchev–Trinajstić information content (AvgIpc) is 2.91. The Kier molecular flexibility index (Phi) is 7.51. The lowest BCUT2D eigenvalue weighted by molar-refractivity contribution is -0.130. The molecule has 1 aromatic rings. The van der Waals surface area contributed by atoms with Gasteiger partial charge in [0.05, 0.1) is 0 Å². The molecule has 1 aliphatic rings. The van der Waals surface area contributed by atoms with Crippen molar-refractivity contribution in [2.24, 2.45) is 11.1 Å². The Bertz CT molecular complexity index is 553. The number of amides is 2. The van der Waals surface area contributed by atoms with Crippen molar-refractivity contribution >= 4 is 40.2 Å². The smallest absolute Gasteiger partial charge is 0.251 e. The van der Waals surface area contributed by atoms with Crippen LogP contribution in [0.15, 0.2) is 28.7 Å². The maximum absolute atomic E-state index is 12.1. The van der Waals surface area contributed by atoms with Gasteiger partial charge in [-0.25, -0.2) is 0 Å². The Hall–Kier alpha value is -1.11. The highest BCUT2D eigenvalue weighted by atomic mass is 79.9. The fraction of sp³-hybridized carbons (Fsp3) is 0.500. The second-order valence-electron chi connectivity index (χ2n) is 6.09. The lowest BCUT2D eigenvalue weighted by Crippen LogP contribution is -2.36. The van der Waals surface area contributed by atoms with Crippen LogP contribution in [-0.2, 0) is 4.79 Å². The highest BCUT2D eigenvalue weighted by Gasteiger charge is 2.34. The number of hydrogen-bond acceptors (Lipinski definition) is 3. The van der Waals surface area contributed by atoms with Gasteiger partial charge in [0.1, 0.15) is 0 Å². The molecular weight excluding hydrogens is 382 g/mol. The maximum atomic E-state index is 12.1. The molecule has 1 aromatic carbocycles. The van der Waals surface area contributed by atoms with Crippen molar-refractivity contribution in [2.45, 2.75) is 19.8 Å². The van der Waals surface area contributed by atoms with Crippen molar-refractivity contribution in [2.75, 3.05) is 26.2 Å². The minimum absolute atomic E-state index is 0. The Balaban J connectivity index is 0.00000264. The summed E-state index contributed by atoms with van der Waals surface area (Å²) in [6.45, 7) is 4.52. The molecule has 1 unspecified atom stereocenters. The third-order valence-corrected chi connectivity index (χ3v) is 4.66. The Morgan fingerprint density at radius 3 is 2.57 bits per heavy atom. The molecule has 0 aliphatic carbocycles. The summed E-state index contributed by atoms with van der Waals surface area (Å²) in [6.07, 6.45) is 1.27. The van der Waals surface area contributed by atoms with Crippen LogP contribution in [0.5, 0.6) is 0 Å². The number of halogens is 2. The molecule has 0 aromatic heterocycles. The Labute approximate surface area is 151 Å². The van der Waals surface area contributed by atoms with Gasteiger partial charge in [-0.3, -0.25) is 9.59 Å². The SMILES string of the molecule is CC1(CN)CCN(C(=O)CCNC(=O)c2ccc(Br)cc2)C1.Cl. The van der Waals surface area contributed by atoms with Crippen molar-refractivity contribution in [1.29, 1.82) is 0 Å². The number of carbonyl (C=O) groups excluding carboxylic acids is 2. The number of carbonyl (C=O) groups is 2. The molecule has 1 aliphatic heterocycles. The van der Waals surface area contributed by atoms with Crippen LogP contribution in [-0.4, -0.2) is 42.9 Å². The Morgan fingerprint density at radius 2 is 2.00 bits per heavy atom. The summed E-state index contributed by atoms with van der Waals surface area (Å²) in [5.41, 5.74) is 6.38. The third-order valence-electron chi connectivity index (χ3n) is 4.13. The minimum atomic E-state index is -0.159. The van der Waals surface area contributed by atoms with E-state index in [4.69, 9.17) is 5.73 Å². The summed E-state index contributed by atoms with van der Waals surface area (Å²) in [5, 5.41) is 2.78. The van der Waals surface area contributed by atoms with E-state index in [0.29, 0.717) is 31.6 Å². The van der Waals surface area contributed by atoms with Gasteiger partial charge in [0, 0.05) is 36.1 Å². The molecule has 1 atom stereocenters. The summed E-state index contributed by atoms with van der Waals surface area (Å²) in [7, 11) is 0. The molecular formula is C16H23BrClN3O2. The standard InChI is InChI=1S/C16H22BrN3O2.ClH/c1-16(10-18)7-9-20(11-16)14(21)6-8-19-15(22)12-2-4-13(17)5-3-12;/h2-5H,6-11,18H2,1H3,(H,19,22);1H. The molecule has 0 spiro atoms. The van der Waals surface area contributed by atoms with Crippen LogP contribution in [0.4, 0.5) is 0 Å². The second kappa shape index (κ2) is 8.66. The molecule has 1 saturated heterocycles. The van der Waals surface area contributed by atoms with E-state index in [1.165, 1.54) is 0 Å². The molecule has 0 radical (unpaired) electrons. The fourth-order valence-electron chi connectivity index (χ4n) is 2.55. The van der Waals surface area contributed by atoms with E-state index in [1.807, 2.05) is 17.0 Å². The largest absolute Gasteiger partial charge is 0.352 e. The minimum Gasteiger partial charge on any atom is -0.352 e. The summed E-state index contributed by atoms with van der Waals surface area (Å²) in [6, 6.07) is 7.12. The van der Waals surface area contributed by atoms with Gasteiger partial charge < -0.3 is 16.0 Å². The maximum Gasteiger partial charge on any atom is 0.251 e. The van der Waals surface area contributed by atoms with Crippen molar-refractivity contribution in [3.63, 3.8) is 0 Å². The van der Waals surface area contributed by atoms with Gasteiger partial charge in [0.2, 0.25) is 5.91 Å². The lowest BCUT2D eigenvalue weighted by atomic mass is 9.90. The number of nitrogens with zero attached hydrogens (tertiary/aromatic N) is 1. The second-order valence-corrected chi connectivity index (χ2v) is 7.01. The van der Waals surface area contributed by atoms with Gasteiger partial charge in [0.15, 0.2) is 0 Å². The first kappa shape index (κ1) is 19.9. The van der Waals surface area contributed by atoms with Crippen LogP contribution in [0, 0.1) is 5.41 Å². The van der Waals surface area contributed by atoms with Crippen LogP contribution < -0.4 is 11.1 Å². The quantitative estimate of drug-likeness (QED) is 0.790. The molecule has 3 N–H and O–H groups in total. The van der Waals surface area contributed by atoms with E-state index >= 15 is 0 Å². The van der Waals surface area contributed by atoms with Crippen molar-refractivity contribution < 1.29 is 9.59 Å². The van der Waals surface area contributed by atoms with Gasteiger partial charge in [-0.05, 0) is 42.6 Å². The van der Waals surface area contributed by atoms with E-state index < -0.39 is 0 Å². The number of benzene rings is 1. The number of likely N-dealkylation sites (tertiary alicyclic amines) is 1. The number of hydrogen-bond donors (Lipinski definition) is 2. The molecule has 128 valence electrons. The first-order chi connectivity index (χ1) is 10.4. The summed E-state index contributed by atoms with van der Waals surface area (Å²) < 4.78 is 0.927. The third kappa shape index (κ3) is 5.48. The van der Waals surface area contributed by atoms with Gasteiger partial charge in [-0.1, -0.05) is 22.9 Å². The molecule has 1 heterocycles. The first-order valence-electron chi connectivity index (χ1n) is 7.45. The van der Waals surface area contributed by atoms with E-state index in [2.05, 4.69) is 28.2 Å². The van der Waals surface area contributed by atoms with Gasteiger partial charge in [-0.2, -0.15) is 0 Å². The highest BCUT2D eigenvalue weighted by molar-refractivity contribution is 9.10. The predicted molar refractivity (Wildman–Crippen MR) is 96.7 cm³/mol. The monoisotopic (exact) mass is 403 g/mol. The average molecular weight is 405 g/mol. The van der Waals surface area contributed by atoms with Crippen LogP contribution in [0.2, 0.25) is 0 Å². The normalized spacial score (nSPS) is 20.0. The van der Waals surface area contributed by atoms with Crippen LogP contribution in [0.3, 0.4) is 0 Å². The number of nitrogens with one attached hydrogen (secondary N) is 1. The topological polar surface area (TPSA) is 75.4 Å². The molecule has 7 heteroatoms. The highest BCUT2D eigenvalue weighted by Crippen LogP contribution is 2.28. The number of nitrogens with two attached hydrogens (primary N) is 1.